The van der Waals surface area contributed by atoms with E-state index in [1.807, 2.05) is 54.6 Å². The first kappa shape index (κ1) is 13.2. The Morgan fingerprint density at radius 3 is 2.40 bits per heavy atom. The van der Waals surface area contributed by atoms with Gasteiger partial charge >= 0.3 is 0 Å². The lowest BCUT2D eigenvalue weighted by Crippen LogP contribution is -1.88. The van der Waals surface area contributed by atoms with Gasteiger partial charge in [-0.05, 0) is 31.2 Å². The highest BCUT2D eigenvalue weighted by molar-refractivity contribution is 7.16. The summed E-state index contributed by atoms with van der Waals surface area (Å²) >= 11 is 7.57. The fourth-order valence-electron chi connectivity index (χ4n) is 1.97. The van der Waals surface area contributed by atoms with Gasteiger partial charge in [-0.15, -0.1) is 11.3 Å². The number of hydrogen-bond acceptors (Lipinski definition) is 3. The average molecular weight is 301 g/mol. The maximum absolute atomic E-state index is 5.92. The molecule has 0 aliphatic rings. The van der Waals surface area contributed by atoms with Gasteiger partial charge < -0.3 is 5.32 Å². The summed E-state index contributed by atoms with van der Waals surface area (Å²) in [6.07, 6.45) is 0. The molecule has 0 bridgehead atoms. The van der Waals surface area contributed by atoms with Crippen LogP contribution >= 0.6 is 22.9 Å². The van der Waals surface area contributed by atoms with Crippen molar-refractivity contribution in [3.8, 4) is 11.3 Å². The van der Waals surface area contributed by atoms with E-state index in [1.165, 1.54) is 4.88 Å². The Kier molecular flexibility index (Phi) is 3.72. The Morgan fingerprint density at radius 2 is 1.70 bits per heavy atom. The Labute approximate surface area is 127 Å². The Hall–Kier alpha value is -1.84. The van der Waals surface area contributed by atoms with Gasteiger partial charge in [0.25, 0.3) is 0 Å². The summed E-state index contributed by atoms with van der Waals surface area (Å²) in [7, 11) is 0. The van der Waals surface area contributed by atoms with Gasteiger partial charge in [0.05, 0.1) is 5.69 Å². The molecule has 4 heteroatoms. The molecular formula is C16H13ClN2S. The van der Waals surface area contributed by atoms with Gasteiger partial charge in [-0.3, -0.25) is 0 Å². The number of thiazole rings is 1. The second-order valence-electron chi connectivity index (χ2n) is 4.42. The Balaban J connectivity index is 1.89. The van der Waals surface area contributed by atoms with Crippen LogP contribution in [0, 0.1) is 6.92 Å². The van der Waals surface area contributed by atoms with Crippen LogP contribution < -0.4 is 5.32 Å². The highest BCUT2D eigenvalue weighted by Gasteiger charge is 2.09. The third-order valence-corrected chi connectivity index (χ3v) is 4.08. The molecule has 0 saturated carbocycles. The predicted molar refractivity (Wildman–Crippen MR) is 87.0 cm³/mol. The van der Waals surface area contributed by atoms with E-state index in [2.05, 4.69) is 17.2 Å². The molecule has 1 N–H and O–H groups in total. The van der Waals surface area contributed by atoms with Crippen LogP contribution in [0.2, 0.25) is 5.02 Å². The lowest BCUT2D eigenvalue weighted by Gasteiger charge is -2.01. The maximum Gasteiger partial charge on any atom is 0.187 e. The molecule has 0 aliphatic carbocycles. The number of aryl methyl sites for hydroxylation is 1. The van der Waals surface area contributed by atoms with Crippen molar-refractivity contribution < 1.29 is 0 Å². The molecular weight excluding hydrogens is 288 g/mol. The van der Waals surface area contributed by atoms with E-state index in [1.54, 1.807) is 11.3 Å². The first-order valence-corrected chi connectivity index (χ1v) is 7.47. The number of hydrogen-bond donors (Lipinski definition) is 1. The molecule has 0 atom stereocenters. The van der Waals surface area contributed by atoms with Gasteiger partial charge in [0.2, 0.25) is 0 Å². The van der Waals surface area contributed by atoms with Crippen LogP contribution in [0.25, 0.3) is 11.3 Å². The van der Waals surface area contributed by atoms with Gasteiger partial charge in [-0.1, -0.05) is 41.9 Å². The van der Waals surface area contributed by atoms with Crippen molar-refractivity contribution >= 4 is 33.8 Å². The van der Waals surface area contributed by atoms with E-state index in [4.69, 9.17) is 11.6 Å². The predicted octanol–water partition coefficient (Wildman–Crippen LogP) is 5.52. The molecule has 3 rings (SSSR count). The van der Waals surface area contributed by atoms with E-state index in [0.29, 0.717) is 0 Å². The molecule has 2 nitrogen and oxygen atoms in total. The second kappa shape index (κ2) is 5.65. The molecule has 0 saturated heterocycles. The molecule has 0 radical (unpaired) electrons. The molecule has 1 heterocycles. The lowest BCUT2D eigenvalue weighted by molar-refractivity contribution is 1.36. The molecule has 0 fully saturated rings. The minimum absolute atomic E-state index is 0.740. The van der Waals surface area contributed by atoms with Crippen molar-refractivity contribution in [1.29, 1.82) is 0 Å². The van der Waals surface area contributed by atoms with Crippen LogP contribution in [-0.4, -0.2) is 4.98 Å². The number of aromatic nitrogens is 1. The zero-order chi connectivity index (χ0) is 13.9. The largest absolute Gasteiger partial charge is 0.332 e. The molecule has 0 aliphatic heterocycles. The third kappa shape index (κ3) is 2.84. The van der Waals surface area contributed by atoms with E-state index in [9.17, 15) is 0 Å². The Morgan fingerprint density at radius 1 is 1.00 bits per heavy atom. The van der Waals surface area contributed by atoms with Crippen molar-refractivity contribution in [1.82, 2.24) is 4.98 Å². The minimum Gasteiger partial charge on any atom is -0.332 e. The zero-order valence-corrected chi connectivity index (χ0v) is 12.5. The summed E-state index contributed by atoms with van der Waals surface area (Å²) in [6.45, 7) is 2.08. The molecule has 2 aromatic carbocycles. The summed E-state index contributed by atoms with van der Waals surface area (Å²) < 4.78 is 0. The summed E-state index contributed by atoms with van der Waals surface area (Å²) in [5.41, 5.74) is 3.14. The zero-order valence-electron chi connectivity index (χ0n) is 10.9. The average Bonchev–Trinajstić information content (AvgIpc) is 2.81. The second-order valence-corrected chi connectivity index (χ2v) is 6.06. The molecule has 100 valence electrons. The van der Waals surface area contributed by atoms with E-state index >= 15 is 0 Å². The quantitative estimate of drug-likeness (QED) is 0.689. The highest BCUT2D eigenvalue weighted by Crippen LogP contribution is 2.32. The monoisotopic (exact) mass is 300 g/mol. The number of anilines is 2. The van der Waals surface area contributed by atoms with Gasteiger partial charge in [0, 0.05) is 21.2 Å². The topological polar surface area (TPSA) is 24.9 Å². The lowest BCUT2D eigenvalue weighted by atomic mass is 10.1. The number of para-hydroxylation sites is 1. The van der Waals surface area contributed by atoms with Crippen LogP contribution in [0.3, 0.4) is 0 Å². The molecule has 20 heavy (non-hydrogen) atoms. The van der Waals surface area contributed by atoms with Crippen LogP contribution in [0.15, 0.2) is 54.6 Å². The molecule has 0 unspecified atom stereocenters. The van der Waals surface area contributed by atoms with Crippen LogP contribution in [0.4, 0.5) is 10.8 Å². The van der Waals surface area contributed by atoms with Crippen molar-refractivity contribution in [2.24, 2.45) is 0 Å². The summed E-state index contributed by atoms with van der Waals surface area (Å²) in [5, 5.41) is 4.97. The minimum atomic E-state index is 0.740. The van der Waals surface area contributed by atoms with Crippen LogP contribution in [-0.2, 0) is 0 Å². The molecule has 3 aromatic rings. The van der Waals surface area contributed by atoms with Crippen LogP contribution in [0.1, 0.15) is 4.88 Å². The van der Waals surface area contributed by atoms with Gasteiger partial charge in [0.15, 0.2) is 5.13 Å². The first-order chi connectivity index (χ1) is 9.72. The van der Waals surface area contributed by atoms with E-state index in [-0.39, 0.29) is 0 Å². The Bertz CT molecular complexity index is 705. The van der Waals surface area contributed by atoms with E-state index in [0.717, 1.165) is 27.1 Å². The highest BCUT2D eigenvalue weighted by atomic mass is 35.5. The van der Waals surface area contributed by atoms with Gasteiger partial charge in [0.1, 0.15) is 0 Å². The van der Waals surface area contributed by atoms with Crippen molar-refractivity contribution in [3.63, 3.8) is 0 Å². The van der Waals surface area contributed by atoms with Gasteiger partial charge in [-0.25, -0.2) is 4.98 Å². The third-order valence-electron chi connectivity index (χ3n) is 2.94. The summed E-state index contributed by atoms with van der Waals surface area (Å²) in [6, 6.07) is 17.8. The number of benzene rings is 2. The fraction of sp³-hybridized carbons (Fsp3) is 0.0625. The molecule has 1 aromatic heterocycles. The van der Waals surface area contributed by atoms with Crippen molar-refractivity contribution in [3.05, 3.63) is 64.5 Å². The standard InChI is InChI=1S/C16H13ClN2S/c1-11-15(12-7-9-13(17)10-8-12)19-16(20-11)18-14-5-3-2-4-6-14/h2-10H,1H3,(H,18,19). The summed E-state index contributed by atoms with van der Waals surface area (Å²) in [4.78, 5) is 5.86. The smallest absolute Gasteiger partial charge is 0.187 e. The number of nitrogens with one attached hydrogen (secondary N) is 1. The molecule has 0 amide bonds. The van der Waals surface area contributed by atoms with Crippen molar-refractivity contribution in [2.75, 3.05) is 5.32 Å². The number of nitrogens with zero attached hydrogens (tertiary/aromatic N) is 1. The number of halogens is 1. The SMILES string of the molecule is Cc1sc(Nc2ccccc2)nc1-c1ccc(Cl)cc1. The van der Waals surface area contributed by atoms with Gasteiger partial charge in [-0.2, -0.15) is 0 Å². The molecule has 0 spiro atoms. The van der Waals surface area contributed by atoms with Crippen molar-refractivity contribution in [2.45, 2.75) is 6.92 Å². The first-order valence-electron chi connectivity index (χ1n) is 6.28. The maximum atomic E-state index is 5.92. The number of rotatable bonds is 3. The summed E-state index contributed by atoms with van der Waals surface area (Å²) in [5.74, 6) is 0. The van der Waals surface area contributed by atoms with Crippen LogP contribution in [0.5, 0.6) is 0 Å². The fourth-order valence-corrected chi connectivity index (χ4v) is 2.95. The van der Waals surface area contributed by atoms with E-state index < -0.39 is 0 Å². The normalized spacial score (nSPS) is 10.5.